The molecule has 4 heteroatoms. The number of nitrogens with two attached hydrogens (primary N) is 1. The minimum atomic E-state index is -0.107. The van der Waals surface area contributed by atoms with Crippen molar-refractivity contribution in [3.63, 3.8) is 0 Å². The fourth-order valence-electron chi connectivity index (χ4n) is 1.66. The van der Waals surface area contributed by atoms with Gasteiger partial charge in [0.15, 0.2) is 6.29 Å². The number of rotatable bonds is 3. The predicted octanol–water partition coefficient (Wildman–Crippen LogP) is 1.82. The van der Waals surface area contributed by atoms with Crippen LogP contribution in [0.3, 0.4) is 0 Å². The van der Waals surface area contributed by atoms with E-state index in [1.54, 1.807) is 11.3 Å². The summed E-state index contributed by atoms with van der Waals surface area (Å²) in [6.07, 6.45) is 0.640. The molecule has 1 aliphatic rings. The van der Waals surface area contributed by atoms with Gasteiger partial charge in [0.25, 0.3) is 0 Å². The summed E-state index contributed by atoms with van der Waals surface area (Å²) in [7, 11) is 0. The third-order valence-electron chi connectivity index (χ3n) is 2.44. The summed E-state index contributed by atoms with van der Waals surface area (Å²) in [5.74, 6) is 0. The van der Waals surface area contributed by atoms with Crippen LogP contribution in [0.5, 0.6) is 0 Å². The van der Waals surface area contributed by atoms with Gasteiger partial charge in [-0.05, 0) is 23.9 Å². The molecule has 2 rings (SSSR count). The first kappa shape index (κ1) is 10.1. The lowest BCUT2D eigenvalue weighted by Crippen LogP contribution is -2.19. The second-order valence-corrected chi connectivity index (χ2v) is 4.57. The lowest BCUT2D eigenvalue weighted by atomic mass is 10.1. The molecule has 14 heavy (non-hydrogen) atoms. The monoisotopic (exact) mass is 213 g/mol. The first-order valence-corrected chi connectivity index (χ1v) is 5.68. The smallest absolute Gasteiger partial charge is 0.159 e. The molecule has 1 saturated heterocycles. The molecule has 2 heterocycles. The molecule has 1 atom stereocenters. The summed E-state index contributed by atoms with van der Waals surface area (Å²) in [5.41, 5.74) is 7.28. The van der Waals surface area contributed by atoms with E-state index in [1.165, 1.54) is 10.4 Å². The van der Waals surface area contributed by atoms with Crippen molar-refractivity contribution in [3.8, 4) is 0 Å². The Hall–Kier alpha value is -0.420. The van der Waals surface area contributed by atoms with E-state index in [9.17, 15) is 0 Å². The van der Waals surface area contributed by atoms with Crippen molar-refractivity contribution in [2.45, 2.75) is 25.7 Å². The van der Waals surface area contributed by atoms with Crippen LogP contribution in [0.1, 0.15) is 22.9 Å². The molecule has 0 bridgehead atoms. The zero-order valence-corrected chi connectivity index (χ0v) is 9.05. The molecule has 1 unspecified atom stereocenters. The van der Waals surface area contributed by atoms with Crippen molar-refractivity contribution in [2.24, 2.45) is 5.73 Å². The Labute approximate surface area is 87.8 Å². The molecule has 1 fully saturated rings. The van der Waals surface area contributed by atoms with E-state index in [-0.39, 0.29) is 12.3 Å². The lowest BCUT2D eigenvalue weighted by molar-refractivity contribution is -0.0507. The van der Waals surface area contributed by atoms with Crippen LogP contribution < -0.4 is 5.73 Å². The van der Waals surface area contributed by atoms with E-state index in [1.807, 2.05) is 0 Å². The van der Waals surface area contributed by atoms with Crippen LogP contribution in [-0.2, 0) is 9.47 Å². The van der Waals surface area contributed by atoms with E-state index in [4.69, 9.17) is 15.2 Å². The van der Waals surface area contributed by atoms with Crippen LogP contribution in [0, 0.1) is 6.92 Å². The summed E-state index contributed by atoms with van der Waals surface area (Å²) in [6, 6.07) is 2.11. The average molecular weight is 213 g/mol. The summed E-state index contributed by atoms with van der Waals surface area (Å²) >= 11 is 1.73. The Kier molecular flexibility index (Phi) is 3.18. The Bertz CT molecular complexity index is 294. The van der Waals surface area contributed by atoms with Crippen LogP contribution in [0.15, 0.2) is 11.4 Å². The number of hydrogen-bond acceptors (Lipinski definition) is 4. The van der Waals surface area contributed by atoms with Crippen molar-refractivity contribution in [1.82, 2.24) is 0 Å². The fraction of sp³-hybridized carbons (Fsp3) is 0.600. The highest BCUT2D eigenvalue weighted by molar-refractivity contribution is 7.10. The first-order valence-electron chi connectivity index (χ1n) is 4.80. The van der Waals surface area contributed by atoms with E-state index < -0.39 is 0 Å². The molecule has 3 nitrogen and oxygen atoms in total. The molecule has 0 aliphatic carbocycles. The van der Waals surface area contributed by atoms with Gasteiger partial charge >= 0.3 is 0 Å². The van der Waals surface area contributed by atoms with E-state index >= 15 is 0 Å². The number of hydrogen-bond donors (Lipinski definition) is 1. The summed E-state index contributed by atoms with van der Waals surface area (Å²) in [6.45, 7) is 3.48. The van der Waals surface area contributed by atoms with Gasteiger partial charge in [0.2, 0.25) is 0 Å². The zero-order valence-electron chi connectivity index (χ0n) is 8.23. The number of aryl methyl sites for hydroxylation is 1. The van der Waals surface area contributed by atoms with Crippen LogP contribution >= 0.6 is 11.3 Å². The topological polar surface area (TPSA) is 44.5 Å². The molecule has 0 spiro atoms. The van der Waals surface area contributed by atoms with Gasteiger partial charge in [-0.25, -0.2) is 0 Å². The van der Waals surface area contributed by atoms with Gasteiger partial charge in [0.1, 0.15) is 0 Å². The maximum atomic E-state index is 6.07. The predicted molar refractivity (Wildman–Crippen MR) is 56.3 cm³/mol. The quantitative estimate of drug-likeness (QED) is 0.833. The Balaban J connectivity index is 1.95. The molecule has 78 valence electrons. The van der Waals surface area contributed by atoms with Crippen molar-refractivity contribution in [3.05, 3.63) is 21.9 Å². The molecular formula is C10H15NO2S. The molecule has 0 amide bonds. The van der Waals surface area contributed by atoms with Gasteiger partial charge in [0, 0.05) is 17.3 Å². The first-order chi connectivity index (χ1) is 6.77. The largest absolute Gasteiger partial charge is 0.350 e. The molecule has 0 aromatic carbocycles. The van der Waals surface area contributed by atoms with Gasteiger partial charge in [0.05, 0.1) is 13.2 Å². The van der Waals surface area contributed by atoms with Crippen LogP contribution in [0.4, 0.5) is 0 Å². The highest BCUT2D eigenvalue weighted by atomic mass is 32.1. The maximum absolute atomic E-state index is 6.07. The maximum Gasteiger partial charge on any atom is 0.159 e. The lowest BCUT2D eigenvalue weighted by Gasteiger charge is -2.15. The Morgan fingerprint density at radius 2 is 2.29 bits per heavy atom. The third kappa shape index (κ3) is 2.15. The second-order valence-electron chi connectivity index (χ2n) is 3.45. The van der Waals surface area contributed by atoms with Crippen molar-refractivity contribution >= 4 is 11.3 Å². The average Bonchev–Trinajstić information content (AvgIpc) is 2.75. The van der Waals surface area contributed by atoms with Crippen molar-refractivity contribution in [1.29, 1.82) is 0 Å². The molecule has 0 radical (unpaired) electrons. The van der Waals surface area contributed by atoms with E-state index in [0.29, 0.717) is 13.2 Å². The normalized spacial score (nSPS) is 20.1. The summed E-state index contributed by atoms with van der Waals surface area (Å²) in [5, 5.41) is 2.07. The van der Waals surface area contributed by atoms with Crippen LogP contribution in [0.25, 0.3) is 0 Å². The Morgan fingerprint density at radius 1 is 1.57 bits per heavy atom. The Morgan fingerprint density at radius 3 is 2.86 bits per heavy atom. The van der Waals surface area contributed by atoms with E-state index in [0.717, 1.165) is 6.42 Å². The standard InChI is InChI=1S/C10H15NO2S/c1-7-8(2-5-14-7)9(11)6-10-12-3-4-13-10/h2,5,9-10H,3-4,6,11H2,1H3. The highest BCUT2D eigenvalue weighted by Crippen LogP contribution is 2.25. The highest BCUT2D eigenvalue weighted by Gasteiger charge is 2.21. The van der Waals surface area contributed by atoms with Gasteiger partial charge in [-0.15, -0.1) is 11.3 Å². The molecule has 2 N–H and O–H groups in total. The molecular weight excluding hydrogens is 198 g/mol. The van der Waals surface area contributed by atoms with Crippen molar-refractivity contribution < 1.29 is 9.47 Å². The zero-order chi connectivity index (χ0) is 9.97. The third-order valence-corrected chi connectivity index (χ3v) is 3.30. The summed E-state index contributed by atoms with van der Waals surface area (Å²) in [4.78, 5) is 1.29. The fourth-order valence-corrected chi connectivity index (χ4v) is 2.43. The van der Waals surface area contributed by atoms with Gasteiger partial charge in [-0.2, -0.15) is 0 Å². The van der Waals surface area contributed by atoms with Gasteiger partial charge in [-0.3, -0.25) is 0 Å². The number of thiophene rings is 1. The summed E-state index contributed by atoms with van der Waals surface area (Å²) < 4.78 is 10.7. The minimum Gasteiger partial charge on any atom is -0.350 e. The van der Waals surface area contributed by atoms with Crippen LogP contribution in [0.2, 0.25) is 0 Å². The molecule has 1 aliphatic heterocycles. The van der Waals surface area contributed by atoms with Gasteiger partial charge in [-0.1, -0.05) is 0 Å². The van der Waals surface area contributed by atoms with Gasteiger partial charge < -0.3 is 15.2 Å². The van der Waals surface area contributed by atoms with E-state index in [2.05, 4.69) is 18.4 Å². The van der Waals surface area contributed by atoms with Crippen LogP contribution in [-0.4, -0.2) is 19.5 Å². The molecule has 1 aromatic rings. The molecule has 0 saturated carbocycles. The molecule has 1 aromatic heterocycles. The number of ether oxygens (including phenoxy) is 2. The van der Waals surface area contributed by atoms with Crippen molar-refractivity contribution in [2.75, 3.05) is 13.2 Å². The second kappa shape index (κ2) is 4.40. The minimum absolute atomic E-state index is 0.0318. The SMILES string of the molecule is Cc1sccc1C(N)CC1OCCO1.